The van der Waals surface area contributed by atoms with Crippen LogP contribution in [0, 0.1) is 20.2 Å². The molecule has 1 aromatic carbocycles. The third kappa shape index (κ3) is 5.41. The molecule has 0 saturated heterocycles. The lowest BCUT2D eigenvalue weighted by Crippen LogP contribution is -2.33. The van der Waals surface area contributed by atoms with Gasteiger partial charge in [-0.3, -0.25) is 29.5 Å². The smallest absolute Gasteiger partial charge is 0.311 e. The molecule has 0 aliphatic carbocycles. The van der Waals surface area contributed by atoms with Gasteiger partial charge < -0.3 is 9.57 Å². The average molecular weight is 424 g/mol. The van der Waals surface area contributed by atoms with Crippen molar-refractivity contribution in [1.82, 2.24) is 9.80 Å². The van der Waals surface area contributed by atoms with Crippen LogP contribution in [0.3, 0.4) is 0 Å². The summed E-state index contributed by atoms with van der Waals surface area (Å²) in [4.78, 5) is 53.0. The maximum Gasteiger partial charge on any atom is 0.311 e. The maximum absolute atomic E-state index is 12.5. The van der Waals surface area contributed by atoms with Crippen molar-refractivity contribution in [2.75, 3.05) is 39.4 Å². The molecule has 0 radical (unpaired) electrons. The average Bonchev–Trinajstić information content (AvgIpc) is 2.91. The highest BCUT2D eigenvalue weighted by Crippen LogP contribution is 2.35. The molecule has 1 heterocycles. The minimum atomic E-state index is -1.03. The zero-order chi connectivity index (χ0) is 22.3. The molecule has 164 valence electrons. The standard InChI is InChI=1S/C18H24N4O8/c1-3-5-19(6-4-2)7-9-29-16-12-14-13(11-15(16)21(25)26)17(23)20(18(14)24)8-10-30-22(27)28/h11-12H,3-10H2,1-2H3. The lowest BCUT2D eigenvalue weighted by Gasteiger charge is -2.20. The summed E-state index contributed by atoms with van der Waals surface area (Å²) in [5.41, 5.74) is -0.602. The fraction of sp³-hybridized carbons (Fsp3) is 0.556. The molecule has 0 aromatic heterocycles. The van der Waals surface area contributed by atoms with Gasteiger partial charge in [0.25, 0.3) is 16.9 Å². The molecule has 12 heteroatoms. The first-order chi connectivity index (χ1) is 14.3. The van der Waals surface area contributed by atoms with Crippen LogP contribution in [-0.4, -0.2) is 71.0 Å². The van der Waals surface area contributed by atoms with Gasteiger partial charge in [-0.25, -0.2) is 0 Å². The second-order valence-electron chi connectivity index (χ2n) is 6.63. The Labute approximate surface area is 172 Å². The molecule has 1 aliphatic heterocycles. The molecular weight excluding hydrogens is 400 g/mol. The van der Waals surface area contributed by atoms with Crippen LogP contribution in [0.15, 0.2) is 12.1 Å². The summed E-state index contributed by atoms with van der Waals surface area (Å²) in [7, 11) is 0. The van der Waals surface area contributed by atoms with E-state index in [2.05, 4.69) is 23.6 Å². The fourth-order valence-corrected chi connectivity index (χ4v) is 3.23. The molecule has 0 fully saturated rings. The number of hydrogen-bond donors (Lipinski definition) is 0. The molecule has 30 heavy (non-hydrogen) atoms. The first kappa shape index (κ1) is 23.0. The maximum atomic E-state index is 12.5. The first-order valence-electron chi connectivity index (χ1n) is 9.61. The molecule has 0 N–H and O–H groups in total. The molecule has 12 nitrogen and oxygen atoms in total. The molecule has 1 aromatic rings. The van der Waals surface area contributed by atoms with Gasteiger partial charge in [0.05, 0.1) is 22.6 Å². The summed E-state index contributed by atoms with van der Waals surface area (Å²) in [6, 6.07) is 2.20. The monoisotopic (exact) mass is 424 g/mol. The van der Waals surface area contributed by atoms with Crippen molar-refractivity contribution in [3.63, 3.8) is 0 Å². The molecule has 0 spiro atoms. The fourth-order valence-electron chi connectivity index (χ4n) is 3.23. The highest BCUT2D eigenvalue weighted by Gasteiger charge is 2.38. The largest absolute Gasteiger partial charge is 0.485 e. The lowest BCUT2D eigenvalue weighted by molar-refractivity contribution is -0.757. The van der Waals surface area contributed by atoms with Crippen molar-refractivity contribution < 1.29 is 29.2 Å². The van der Waals surface area contributed by atoms with Crippen LogP contribution in [-0.2, 0) is 4.84 Å². The molecule has 0 unspecified atom stereocenters. The summed E-state index contributed by atoms with van der Waals surface area (Å²) >= 11 is 0. The molecule has 0 atom stereocenters. The Morgan fingerprint density at radius 3 is 2.10 bits per heavy atom. The predicted octanol–water partition coefficient (Wildman–Crippen LogP) is 1.90. The highest BCUT2D eigenvalue weighted by molar-refractivity contribution is 6.21. The number of fused-ring (bicyclic) bond motifs is 1. The third-order valence-electron chi connectivity index (χ3n) is 4.50. The number of nitro benzene ring substituents is 1. The Hall–Kier alpha value is -3.28. The van der Waals surface area contributed by atoms with E-state index in [9.17, 15) is 29.8 Å². The number of benzene rings is 1. The van der Waals surface area contributed by atoms with Gasteiger partial charge in [0, 0.05) is 18.7 Å². The number of ether oxygens (including phenoxy) is 1. The zero-order valence-corrected chi connectivity index (χ0v) is 16.9. The van der Waals surface area contributed by atoms with Gasteiger partial charge in [-0.15, -0.1) is 10.1 Å². The number of imide groups is 1. The van der Waals surface area contributed by atoms with E-state index in [0.29, 0.717) is 6.54 Å². The number of nitro groups is 1. The van der Waals surface area contributed by atoms with E-state index in [0.717, 1.165) is 36.9 Å². The molecule has 0 bridgehead atoms. The van der Waals surface area contributed by atoms with Gasteiger partial charge in [0.2, 0.25) is 0 Å². The molecular formula is C18H24N4O8. The number of rotatable bonds is 13. The summed E-state index contributed by atoms with van der Waals surface area (Å²) in [5, 5.41) is 20.7. The number of amides is 2. The molecule has 2 amide bonds. The Kier molecular flexibility index (Phi) is 8.04. The van der Waals surface area contributed by atoms with Crippen molar-refractivity contribution >= 4 is 17.5 Å². The summed E-state index contributed by atoms with van der Waals surface area (Å²) in [6.45, 7) is 5.76. The van der Waals surface area contributed by atoms with E-state index in [1.54, 1.807) is 0 Å². The second-order valence-corrected chi connectivity index (χ2v) is 6.63. The van der Waals surface area contributed by atoms with Gasteiger partial charge in [-0.2, -0.15) is 0 Å². The Morgan fingerprint density at radius 1 is 0.967 bits per heavy atom. The predicted molar refractivity (Wildman–Crippen MR) is 104 cm³/mol. The van der Waals surface area contributed by atoms with Crippen molar-refractivity contribution in [2.24, 2.45) is 0 Å². The molecule has 0 saturated carbocycles. The van der Waals surface area contributed by atoms with E-state index in [4.69, 9.17) is 4.74 Å². The minimum absolute atomic E-state index is 0.0410. The number of carbonyl (C=O) groups is 2. The summed E-state index contributed by atoms with van der Waals surface area (Å²) in [5.74, 6) is -1.58. The van der Waals surface area contributed by atoms with Crippen LogP contribution in [0.1, 0.15) is 47.4 Å². The van der Waals surface area contributed by atoms with Crippen LogP contribution >= 0.6 is 0 Å². The number of nitrogens with zero attached hydrogens (tertiary/aromatic N) is 4. The Morgan fingerprint density at radius 2 is 1.57 bits per heavy atom. The molecule has 2 rings (SSSR count). The quantitative estimate of drug-likeness (QED) is 0.263. The molecule has 1 aliphatic rings. The lowest BCUT2D eigenvalue weighted by atomic mass is 10.1. The normalized spacial score (nSPS) is 13.0. The van der Waals surface area contributed by atoms with Crippen molar-refractivity contribution in [2.45, 2.75) is 26.7 Å². The van der Waals surface area contributed by atoms with Crippen molar-refractivity contribution in [3.05, 3.63) is 43.5 Å². The van der Waals surface area contributed by atoms with Gasteiger partial charge in [-0.05, 0) is 25.9 Å². The van der Waals surface area contributed by atoms with E-state index in [1.165, 1.54) is 6.07 Å². The van der Waals surface area contributed by atoms with Crippen LogP contribution in [0.25, 0.3) is 0 Å². The summed E-state index contributed by atoms with van der Waals surface area (Å²) < 4.78 is 5.60. The SMILES string of the molecule is CCCN(CCC)CCOc1cc2c(cc1[N+](=O)[O-])C(=O)N(CCO[N+](=O)[O-])C2=O. The van der Waals surface area contributed by atoms with Gasteiger partial charge in [0.15, 0.2) is 5.75 Å². The number of hydrogen-bond acceptors (Lipinski definition) is 9. The van der Waals surface area contributed by atoms with E-state index < -0.39 is 34.1 Å². The van der Waals surface area contributed by atoms with Gasteiger partial charge in [-0.1, -0.05) is 13.8 Å². The van der Waals surface area contributed by atoms with E-state index >= 15 is 0 Å². The van der Waals surface area contributed by atoms with Gasteiger partial charge in [0.1, 0.15) is 13.2 Å². The Balaban J connectivity index is 2.18. The van der Waals surface area contributed by atoms with Crippen LogP contribution < -0.4 is 4.74 Å². The Bertz CT molecular complexity index is 823. The van der Waals surface area contributed by atoms with E-state index in [-0.39, 0.29) is 30.0 Å². The van der Waals surface area contributed by atoms with Crippen LogP contribution in [0.2, 0.25) is 0 Å². The van der Waals surface area contributed by atoms with Crippen molar-refractivity contribution in [1.29, 1.82) is 0 Å². The number of carbonyl (C=O) groups excluding carboxylic acids is 2. The van der Waals surface area contributed by atoms with Gasteiger partial charge >= 0.3 is 5.69 Å². The second kappa shape index (κ2) is 10.5. The van der Waals surface area contributed by atoms with E-state index in [1.807, 2.05) is 0 Å². The highest BCUT2D eigenvalue weighted by atomic mass is 16.9. The minimum Gasteiger partial charge on any atom is -0.485 e. The zero-order valence-electron chi connectivity index (χ0n) is 16.9. The van der Waals surface area contributed by atoms with Crippen LogP contribution in [0.5, 0.6) is 5.75 Å². The van der Waals surface area contributed by atoms with Crippen molar-refractivity contribution in [3.8, 4) is 5.75 Å². The summed E-state index contributed by atoms with van der Waals surface area (Å²) in [6.07, 6.45) is 1.93. The first-order valence-corrected chi connectivity index (χ1v) is 9.61. The third-order valence-corrected chi connectivity index (χ3v) is 4.50. The van der Waals surface area contributed by atoms with Crippen LogP contribution in [0.4, 0.5) is 5.69 Å². The topological polar surface area (TPSA) is 145 Å².